The zero-order valence-corrected chi connectivity index (χ0v) is 18.6. The number of nitrogens with one attached hydrogen (secondary N) is 1. The molecule has 5 heteroatoms. The van der Waals surface area contributed by atoms with Gasteiger partial charge in [0.2, 0.25) is 5.88 Å². The van der Waals surface area contributed by atoms with Crippen LogP contribution in [0.2, 0.25) is 0 Å². The molecule has 0 amide bonds. The Balaban J connectivity index is 2.02. The number of aromatic nitrogens is 2. The fraction of sp³-hybridized carbons (Fsp3) is 0.231. The lowest BCUT2D eigenvalue weighted by Crippen LogP contribution is -2.16. The number of rotatable bonds is 5. The molecule has 0 saturated carbocycles. The van der Waals surface area contributed by atoms with Gasteiger partial charge in [-0.15, -0.1) is 0 Å². The smallest absolute Gasteiger partial charge is 0.227 e. The first-order valence-electron chi connectivity index (χ1n) is 10.5. The molecule has 2 aromatic carbocycles. The van der Waals surface area contributed by atoms with Crippen LogP contribution in [0, 0.1) is 20.8 Å². The predicted octanol–water partition coefficient (Wildman–Crippen LogP) is 5.84. The van der Waals surface area contributed by atoms with Crippen LogP contribution in [0.25, 0.3) is 16.6 Å². The molecule has 1 N–H and O–H groups in total. The quantitative estimate of drug-likeness (QED) is 0.446. The van der Waals surface area contributed by atoms with Crippen LogP contribution in [-0.2, 0) is 0 Å². The molecule has 158 valence electrons. The molecule has 2 heterocycles. The second-order valence-electron chi connectivity index (χ2n) is 8.19. The molecule has 0 bridgehead atoms. The minimum absolute atomic E-state index is 0.0879. The highest BCUT2D eigenvalue weighted by molar-refractivity contribution is 5.88. The van der Waals surface area contributed by atoms with E-state index in [0.29, 0.717) is 17.1 Å². The first kappa shape index (κ1) is 20.7. The van der Waals surface area contributed by atoms with Gasteiger partial charge >= 0.3 is 0 Å². The molecule has 0 atom stereocenters. The van der Waals surface area contributed by atoms with Crippen LogP contribution in [0.1, 0.15) is 30.7 Å². The van der Waals surface area contributed by atoms with Crippen molar-refractivity contribution in [2.75, 3.05) is 5.32 Å². The number of fused-ring (bicyclic) bond motifs is 1. The van der Waals surface area contributed by atoms with E-state index < -0.39 is 0 Å². The van der Waals surface area contributed by atoms with Crippen molar-refractivity contribution in [1.29, 1.82) is 0 Å². The number of benzene rings is 2. The Labute approximate surface area is 182 Å². The molecule has 31 heavy (non-hydrogen) atoms. The summed E-state index contributed by atoms with van der Waals surface area (Å²) in [5, 5.41) is 3.91. The number of hydrogen-bond acceptors (Lipinski definition) is 4. The summed E-state index contributed by atoms with van der Waals surface area (Å²) in [6.07, 6.45) is -0.0879. The normalized spacial score (nSPS) is 11.2. The fourth-order valence-electron chi connectivity index (χ4n) is 3.58. The van der Waals surface area contributed by atoms with E-state index in [4.69, 9.17) is 4.74 Å². The van der Waals surface area contributed by atoms with E-state index in [1.807, 2.05) is 58.0 Å². The van der Waals surface area contributed by atoms with E-state index >= 15 is 0 Å². The van der Waals surface area contributed by atoms with Crippen LogP contribution in [0.5, 0.6) is 5.88 Å². The Morgan fingerprint density at radius 1 is 0.903 bits per heavy atom. The number of ether oxygens (including phenoxy) is 1. The van der Waals surface area contributed by atoms with Gasteiger partial charge in [-0.1, -0.05) is 35.4 Å². The van der Waals surface area contributed by atoms with Crippen molar-refractivity contribution in [1.82, 2.24) is 9.55 Å². The Kier molecular flexibility index (Phi) is 5.51. The lowest BCUT2D eigenvalue weighted by molar-refractivity contribution is 0.235. The third-order valence-electron chi connectivity index (χ3n) is 5.05. The van der Waals surface area contributed by atoms with Gasteiger partial charge in [0.25, 0.3) is 0 Å². The van der Waals surface area contributed by atoms with E-state index in [0.717, 1.165) is 22.6 Å². The van der Waals surface area contributed by atoms with Gasteiger partial charge in [-0.25, -0.2) is 4.98 Å². The number of hydrogen-bond donors (Lipinski definition) is 1. The maximum atomic E-state index is 13.2. The molecular weight excluding hydrogens is 386 g/mol. The molecule has 0 aliphatic carbocycles. The summed E-state index contributed by atoms with van der Waals surface area (Å²) in [6.45, 7) is 9.88. The van der Waals surface area contributed by atoms with Gasteiger partial charge in [-0.2, -0.15) is 0 Å². The fourth-order valence-corrected chi connectivity index (χ4v) is 3.58. The van der Waals surface area contributed by atoms with Crippen LogP contribution in [-0.4, -0.2) is 15.7 Å². The van der Waals surface area contributed by atoms with E-state index in [1.165, 1.54) is 11.1 Å². The maximum Gasteiger partial charge on any atom is 0.227 e. The lowest BCUT2D eigenvalue weighted by Gasteiger charge is -2.20. The SMILES string of the molecule is Cc1ccc(Nc2cc(=O)c3c(OC(C)C)nc(C)cc3n2-c2ccc(C)cc2)cc1. The molecule has 0 unspecified atom stereocenters. The van der Waals surface area contributed by atoms with Crippen LogP contribution in [0.15, 0.2) is 65.5 Å². The lowest BCUT2D eigenvalue weighted by atomic mass is 10.1. The number of pyridine rings is 2. The van der Waals surface area contributed by atoms with Crippen molar-refractivity contribution in [2.24, 2.45) is 0 Å². The van der Waals surface area contributed by atoms with Crippen molar-refractivity contribution >= 4 is 22.4 Å². The standard InChI is InChI=1S/C26H27N3O2/c1-16(2)31-26-25-22(14-19(5)27-26)29(21-12-8-18(4)9-13-21)24(15-23(25)30)28-20-10-6-17(3)7-11-20/h6-16,28H,1-5H3. The first-order valence-corrected chi connectivity index (χ1v) is 10.5. The van der Waals surface area contributed by atoms with E-state index in [1.54, 1.807) is 6.07 Å². The van der Waals surface area contributed by atoms with Crippen LogP contribution >= 0.6 is 0 Å². The highest BCUT2D eigenvalue weighted by atomic mass is 16.5. The van der Waals surface area contributed by atoms with Crippen molar-refractivity contribution < 1.29 is 4.74 Å². The zero-order valence-electron chi connectivity index (χ0n) is 18.6. The topological polar surface area (TPSA) is 56.1 Å². The highest BCUT2D eigenvalue weighted by Crippen LogP contribution is 2.30. The number of nitrogens with zero attached hydrogens (tertiary/aromatic N) is 2. The third kappa shape index (κ3) is 4.31. The summed E-state index contributed by atoms with van der Waals surface area (Å²) in [6, 6.07) is 19.9. The molecule has 0 saturated heterocycles. The van der Waals surface area contributed by atoms with E-state index in [-0.39, 0.29) is 11.5 Å². The minimum Gasteiger partial charge on any atom is -0.474 e. The van der Waals surface area contributed by atoms with E-state index in [9.17, 15) is 4.79 Å². The molecule has 0 aliphatic heterocycles. The maximum absolute atomic E-state index is 13.2. The van der Waals surface area contributed by atoms with Crippen molar-refractivity contribution in [3.05, 3.63) is 87.7 Å². The van der Waals surface area contributed by atoms with Crippen LogP contribution in [0.4, 0.5) is 11.5 Å². The Morgan fingerprint density at radius 3 is 2.13 bits per heavy atom. The molecular formula is C26H27N3O2. The summed E-state index contributed by atoms with van der Waals surface area (Å²) in [7, 11) is 0. The molecule has 4 rings (SSSR count). The van der Waals surface area contributed by atoms with Crippen LogP contribution in [0.3, 0.4) is 0 Å². The Morgan fingerprint density at radius 2 is 1.52 bits per heavy atom. The number of anilines is 2. The molecule has 0 aliphatic rings. The highest BCUT2D eigenvalue weighted by Gasteiger charge is 2.18. The zero-order chi connectivity index (χ0) is 22.1. The average molecular weight is 414 g/mol. The van der Waals surface area contributed by atoms with Gasteiger partial charge in [0, 0.05) is 23.1 Å². The predicted molar refractivity (Wildman–Crippen MR) is 127 cm³/mol. The van der Waals surface area contributed by atoms with Gasteiger partial charge < -0.3 is 10.1 Å². The average Bonchev–Trinajstić information content (AvgIpc) is 2.70. The summed E-state index contributed by atoms with van der Waals surface area (Å²) >= 11 is 0. The van der Waals surface area contributed by atoms with Crippen molar-refractivity contribution in [3.8, 4) is 11.6 Å². The van der Waals surface area contributed by atoms with Crippen molar-refractivity contribution in [3.63, 3.8) is 0 Å². The largest absolute Gasteiger partial charge is 0.474 e. The summed E-state index contributed by atoms with van der Waals surface area (Å²) in [5.74, 6) is 1.06. The van der Waals surface area contributed by atoms with Gasteiger partial charge in [0.15, 0.2) is 5.43 Å². The monoisotopic (exact) mass is 413 g/mol. The molecule has 0 radical (unpaired) electrons. The molecule has 0 spiro atoms. The van der Waals surface area contributed by atoms with Gasteiger partial charge in [0.05, 0.1) is 11.6 Å². The Hall–Kier alpha value is -3.60. The van der Waals surface area contributed by atoms with Crippen molar-refractivity contribution in [2.45, 2.75) is 40.7 Å². The summed E-state index contributed by atoms with van der Waals surface area (Å²) < 4.78 is 7.98. The molecule has 5 nitrogen and oxygen atoms in total. The second-order valence-corrected chi connectivity index (χ2v) is 8.19. The van der Waals surface area contributed by atoms with Gasteiger partial charge in [-0.3, -0.25) is 9.36 Å². The third-order valence-corrected chi connectivity index (χ3v) is 5.05. The van der Waals surface area contributed by atoms with E-state index in [2.05, 4.69) is 46.1 Å². The number of aryl methyl sites for hydroxylation is 3. The van der Waals surface area contributed by atoms with Crippen LogP contribution < -0.4 is 15.5 Å². The Bertz CT molecular complexity index is 1290. The molecule has 0 fully saturated rings. The molecule has 2 aromatic heterocycles. The molecule has 4 aromatic rings. The van der Waals surface area contributed by atoms with Gasteiger partial charge in [0.1, 0.15) is 11.2 Å². The summed E-state index contributed by atoms with van der Waals surface area (Å²) in [4.78, 5) is 17.7. The van der Waals surface area contributed by atoms with Gasteiger partial charge in [-0.05, 0) is 65.0 Å². The minimum atomic E-state index is -0.129. The summed E-state index contributed by atoms with van der Waals surface area (Å²) in [5.41, 5.74) is 5.63. The first-order chi connectivity index (χ1) is 14.8. The second kappa shape index (κ2) is 8.26.